The number of hydrogen-bond donors (Lipinski definition) is 1. The number of benzene rings is 3. The van der Waals surface area contributed by atoms with Crippen LogP contribution in [0.15, 0.2) is 109 Å². The van der Waals surface area contributed by atoms with Gasteiger partial charge in [0.15, 0.2) is 0 Å². The van der Waals surface area contributed by atoms with Crippen LogP contribution in [0.3, 0.4) is 0 Å². The van der Waals surface area contributed by atoms with Crippen molar-refractivity contribution in [2.45, 2.75) is 12.3 Å². The molecule has 5 aromatic rings. The molecule has 3 aromatic carbocycles. The van der Waals surface area contributed by atoms with Gasteiger partial charge in [0.1, 0.15) is 5.15 Å². The Bertz CT molecular complexity index is 1610. The van der Waals surface area contributed by atoms with E-state index in [4.69, 9.17) is 40.5 Å². The van der Waals surface area contributed by atoms with Crippen molar-refractivity contribution < 1.29 is 0 Å². The molecule has 0 bridgehead atoms. The zero-order valence-corrected chi connectivity index (χ0v) is 22.5. The number of halogens is 3. The largest absolute Gasteiger partial charge is 0.405 e. The van der Waals surface area contributed by atoms with E-state index in [0.717, 1.165) is 44.4 Å². The smallest absolute Gasteiger partial charge is 0.134 e. The SMILES string of the molecule is NC=CC=Nc1ccc(Cc2c(Cl)nc3ccc(C(c4ccc(Cl)cc4)c4cccnc4)cc3c2Cl)cc1. The zero-order chi connectivity index (χ0) is 26.5. The summed E-state index contributed by atoms with van der Waals surface area (Å²) in [5, 5.41) is 2.53. The van der Waals surface area contributed by atoms with Crippen LogP contribution in [-0.2, 0) is 6.42 Å². The lowest BCUT2D eigenvalue weighted by Gasteiger charge is -2.20. The van der Waals surface area contributed by atoms with Gasteiger partial charge in [0.25, 0.3) is 0 Å². The molecule has 0 amide bonds. The Morgan fingerprint density at radius 3 is 2.34 bits per heavy atom. The van der Waals surface area contributed by atoms with Gasteiger partial charge in [0.05, 0.1) is 16.2 Å². The van der Waals surface area contributed by atoms with Crippen molar-refractivity contribution in [2.24, 2.45) is 10.7 Å². The number of aromatic nitrogens is 2. The minimum Gasteiger partial charge on any atom is -0.405 e. The topological polar surface area (TPSA) is 64.2 Å². The fourth-order valence-electron chi connectivity index (χ4n) is 4.45. The van der Waals surface area contributed by atoms with Crippen molar-refractivity contribution >= 4 is 57.6 Å². The average Bonchev–Trinajstić information content (AvgIpc) is 2.94. The Kier molecular flexibility index (Phi) is 8.04. The van der Waals surface area contributed by atoms with Gasteiger partial charge in [0, 0.05) is 46.9 Å². The molecule has 0 saturated heterocycles. The fraction of sp³-hybridized carbons (Fsp3) is 0.0645. The normalized spacial score (nSPS) is 12.5. The molecule has 5 rings (SSSR count). The summed E-state index contributed by atoms with van der Waals surface area (Å²) in [6.07, 6.45) is 8.96. The van der Waals surface area contributed by atoms with Crippen LogP contribution in [0, 0.1) is 0 Å². The van der Waals surface area contributed by atoms with Gasteiger partial charge < -0.3 is 5.73 Å². The van der Waals surface area contributed by atoms with E-state index in [0.29, 0.717) is 21.6 Å². The van der Waals surface area contributed by atoms with Crippen LogP contribution < -0.4 is 5.73 Å². The number of pyridine rings is 2. The predicted molar refractivity (Wildman–Crippen MR) is 159 cm³/mol. The molecule has 0 spiro atoms. The average molecular weight is 558 g/mol. The Hall–Kier alpha value is -3.70. The third kappa shape index (κ3) is 5.73. The molecule has 0 saturated carbocycles. The Labute approximate surface area is 236 Å². The van der Waals surface area contributed by atoms with Crippen molar-refractivity contribution in [1.29, 1.82) is 0 Å². The number of nitrogens with two attached hydrogens (primary N) is 1. The highest BCUT2D eigenvalue weighted by Gasteiger charge is 2.20. The van der Waals surface area contributed by atoms with Crippen LogP contribution in [0.2, 0.25) is 15.2 Å². The summed E-state index contributed by atoms with van der Waals surface area (Å²) in [6, 6.07) is 25.9. The van der Waals surface area contributed by atoms with E-state index >= 15 is 0 Å². The number of nitrogens with zero attached hydrogens (tertiary/aromatic N) is 3. The second-order valence-electron chi connectivity index (χ2n) is 8.75. The first kappa shape index (κ1) is 25.9. The summed E-state index contributed by atoms with van der Waals surface area (Å²) in [6.45, 7) is 0. The number of hydrogen-bond acceptors (Lipinski definition) is 4. The van der Waals surface area contributed by atoms with Gasteiger partial charge in [-0.3, -0.25) is 9.98 Å². The van der Waals surface area contributed by atoms with E-state index in [2.05, 4.69) is 33.2 Å². The van der Waals surface area contributed by atoms with E-state index in [1.807, 2.05) is 66.9 Å². The Morgan fingerprint density at radius 1 is 0.868 bits per heavy atom. The van der Waals surface area contributed by atoms with Gasteiger partial charge in [-0.1, -0.05) is 71.2 Å². The van der Waals surface area contributed by atoms with Crippen LogP contribution in [0.5, 0.6) is 0 Å². The van der Waals surface area contributed by atoms with Gasteiger partial charge in [0.2, 0.25) is 0 Å². The van der Waals surface area contributed by atoms with E-state index in [9.17, 15) is 0 Å². The van der Waals surface area contributed by atoms with Crippen molar-refractivity contribution in [3.8, 4) is 0 Å². The van der Waals surface area contributed by atoms with E-state index in [1.165, 1.54) is 6.20 Å². The molecule has 1 atom stereocenters. The molecule has 2 heterocycles. The highest BCUT2D eigenvalue weighted by molar-refractivity contribution is 6.39. The van der Waals surface area contributed by atoms with Crippen LogP contribution in [-0.4, -0.2) is 16.2 Å². The number of fused-ring (bicyclic) bond motifs is 1. The lowest BCUT2D eigenvalue weighted by atomic mass is 9.85. The van der Waals surface area contributed by atoms with Gasteiger partial charge >= 0.3 is 0 Å². The first-order valence-electron chi connectivity index (χ1n) is 12.0. The molecule has 0 aliphatic carbocycles. The second kappa shape index (κ2) is 11.8. The number of allylic oxidation sites excluding steroid dienone is 1. The highest BCUT2D eigenvalue weighted by Crippen LogP contribution is 2.38. The maximum Gasteiger partial charge on any atom is 0.134 e. The Balaban J connectivity index is 1.54. The first-order chi connectivity index (χ1) is 18.5. The molecule has 0 aliphatic heterocycles. The molecule has 2 aromatic heterocycles. The maximum absolute atomic E-state index is 7.00. The summed E-state index contributed by atoms with van der Waals surface area (Å²) < 4.78 is 0. The molecule has 7 heteroatoms. The van der Waals surface area contributed by atoms with Crippen LogP contribution in [0.1, 0.15) is 33.7 Å². The maximum atomic E-state index is 7.00. The standard InChI is InChI=1S/C31H23Cl3N4/c32-24-9-6-21(7-10-24)29(23-3-1-15-36-19-23)22-8-13-28-26(18-22)30(33)27(31(34)38-28)17-20-4-11-25(12-5-20)37-16-2-14-35/h1-16,18-19,29H,17,35H2. The molecule has 2 N–H and O–H groups in total. The summed E-state index contributed by atoms with van der Waals surface area (Å²) in [4.78, 5) is 13.4. The van der Waals surface area contributed by atoms with E-state index < -0.39 is 0 Å². The van der Waals surface area contributed by atoms with Gasteiger partial charge in [-0.2, -0.15) is 0 Å². The molecule has 188 valence electrons. The van der Waals surface area contributed by atoms with Crippen LogP contribution >= 0.6 is 34.8 Å². The van der Waals surface area contributed by atoms with Crippen molar-refractivity contribution in [2.75, 3.05) is 0 Å². The second-order valence-corrected chi connectivity index (χ2v) is 9.92. The van der Waals surface area contributed by atoms with E-state index in [1.54, 1.807) is 18.5 Å². The van der Waals surface area contributed by atoms with E-state index in [-0.39, 0.29) is 5.92 Å². The van der Waals surface area contributed by atoms with Gasteiger partial charge in [-0.15, -0.1) is 0 Å². The summed E-state index contributed by atoms with van der Waals surface area (Å²) in [5.41, 5.74) is 12.0. The van der Waals surface area contributed by atoms with Crippen LogP contribution in [0.25, 0.3) is 10.9 Å². The lowest BCUT2D eigenvalue weighted by molar-refractivity contribution is 0.965. The minimum atomic E-state index is -0.0530. The van der Waals surface area contributed by atoms with Crippen LogP contribution in [0.4, 0.5) is 5.69 Å². The quantitative estimate of drug-likeness (QED) is 0.161. The molecule has 0 fully saturated rings. The molecule has 4 nitrogen and oxygen atoms in total. The molecule has 0 aliphatic rings. The van der Waals surface area contributed by atoms with Crippen molar-refractivity contribution in [1.82, 2.24) is 9.97 Å². The monoisotopic (exact) mass is 556 g/mol. The summed E-state index contributed by atoms with van der Waals surface area (Å²) >= 11 is 19.8. The fourth-order valence-corrected chi connectivity index (χ4v) is 5.18. The minimum absolute atomic E-state index is 0.0530. The molecular formula is C31H23Cl3N4. The molecule has 0 radical (unpaired) electrons. The number of aliphatic imine (C=N–C) groups is 1. The first-order valence-corrected chi connectivity index (χ1v) is 13.1. The van der Waals surface area contributed by atoms with Gasteiger partial charge in [-0.05, 0) is 77.0 Å². The molecule has 38 heavy (non-hydrogen) atoms. The third-order valence-electron chi connectivity index (χ3n) is 6.28. The highest BCUT2D eigenvalue weighted by atomic mass is 35.5. The summed E-state index contributed by atoms with van der Waals surface area (Å²) in [5.74, 6) is -0.0530. The molecular weight excluding hydrogens is 535 g/mol. The predicted octanol–water partition coefficient (Wildman–Crippen LogP) is 8.54. The van der Waals surface area contributed by atoms with Crippen molar-refractivity contribution in [3.05, 3.63) is 147 Å². The van der Waals surface area contributed by atoms with Crippen molar-refractivity contribution in [3.63, 3.8) is 0 Å². The zero-order valence-electron chi connectivity index (χ0n) is 20.2. The molecule has 1 unspecified atom stereocenters. The lowest BCUT2D eigenvalue weighted by Crippen LogP contribution is -2.04. The summed E-state index contributed by atoms with van der Waals surface area (Å²) in [7, 11) is 0. The third-order valence-corrected chi connectivity index (χ3v) is 7.28. The number of rotatable bonds is 7. The van der Waals surface area contributed by atoms with Gasteiger partial charge in [-0.25, -0.2) is 4.98 Å². The Morgan fingerprint density at radius 2 is 1.63 bits per heavy atom.